The van der Waals surface area contributed by atoms with E-state index in [1.54, 1.807) is 11.9 Å². The summed E-state index contributed by atoms with van der Waals surface area (Å²) < 4.78 is 2.20. The lowest BCUT2D eigenvalue weighted by Gasteiger charge is -2.24. The van der Waals surface area contributed by atoms with Crippen LogP contribution < -0.4 is 5.32 Å². The molecular formula is C17H28N2O2S. The van der Waals surface area contributed by atoms with Crippen LogP contribution in [0.1, 0.15) is 47.5 Å². The largest absolute Gasteiger partial charge is 0.326 e. The number of carbonyl (C=O) groups is 2. The molecule has 1 aromatic rings. The van der Waals surface area contributed by atoms with Gasteiger partial charge in [-0.2, -0.15) is 0 Å². The molecule has 0 spiro atoms. The molecule has 1 heterocycles. The molecule has 2 rings (SSSR count). The Kier molecular flexibility index (Phi) is 11.5. The summed E-state index contributed by atoms with van der Waals surface area (Å²) in [7, 11) is 0. The van der Waals surface area contributed by atoms with Crippen molar-refractivity contribution in [3.8, 4) is 0 Å². The van der Waals surface area contributed by atoms with E-state index in [2.05, 4.69) is 9.62 Å². The molecule has 1 N–H and O–H groups in total. The Bertz CT molecular complexity index is 436. The number of rotatable bonds is 3. The van der Waals surface area contributed by atoms with Crippen molar-refractivity contribution in [2.45, 2.75) is 52.4 Å². The fourth-order valence-corrected chi connectivity index (χ4v) is 2.70. The summed E-state index contributed by atoms with van der Waals surface area (Å²) in [6, 6.07) is 7.73. The highest BCUT2D eigenvalue weighted by molar-refractivity contribution is 7.97. The van der Waals surface area contributed by atoms with Gasteiger partial charge in [-0.15, -0.1) is 0 Å². The number of nitrogens with zero attached hydrogens (tertiary/aromatic N) is 1. The first-order valence-electron chi connectivity index (χ1n) is 7.96. The molecule has 0 atom stereocenters. The highest BCUT2D eigenvalue weighted by Crippen LogP contribution is 2.26. The van der Waals surface area contributed by atoms with Crippen LogP contribution in [0, 0.1) is 0 Å². The van der Waals surface area contributed by atoms with Crippen molar-refractivity contribution in [3.05, 3.63) is 24.3 Å². The summed E-state index contributed by atoms with van der Waals surface area (Å²) in [5.74, 6) is 0.290. The lowest BCUT2D eigenvalue weighted by atomic mass is 10.1. The van der Waals surface area contributed by atoms with E-state index in [1.807, 2.05) is 52.0 Å². The van der Waals surface area contributed by atoms with E-state index in [4.69, 9.17) is 0 Å². The van der Waals surface area contributed by atoms with Crippen LogP contribution in [-0.4, -0.2) is 29.1 Å². The van der Waals surface area contributed by atoms with E-state index >= 15 is 0 Å². The van der Waals surface area contributed by atoms with Crippen molar-refractivity contribution < 1.29 is 9.59 Å². The molecule has 124 valence electrons. The SMILES string of the molecule is CC.CC.CC(=O)Nc1ccc(SN2CCC(=O)CC2)cc1. The predicted octanol–water partition coefficient (Wildman–Crippen LogP) is 4.37. The van der Waals surface area contributed by atoms with Crippen LogP contribution in [0.25, 0.3) is 0 Å². The fourth-order valence-electron chi connectivity index (χ4n) is 1.78. The Balaban J connectivity index is 0.00000102. The second kappa shape index (κ2) is 12.2. The topological polar surface area (TPSA) is 49.4 Å². The molecule has 1 aliphatic rings. The van der Waals surface area contributed by atoms with E-state index in [9.17, 15) is 9.59 Å². The number of carbonyl (C=O) groups excluding carboxylic acids is 2. The van der Waals surface area contributed by atoms with Gasteiger partial charge in [0.25, 0.3) is 0 Å². The molecule has 0 aromatic heterocycles. The molecule has 1 amide bonds. The normalized spacial score (nSPS) is 14.1. The minimum atomic E-state index is -0.0649. The first kappa shape index (κ1) is 20.7. The van der Waals surface area contributed by atoms with Gasteiger partial charge in [0.15, 0.2) is 0 Å². The summed E-state index contributed by atoms with van der Waals surface area (Å²) in [6.07, 6.45) is 1.30. The van der Waals surface area contributed by atoms with E-state index in [1.165, 1.54) is 6.92 Å². The standard InChI is InChI=1S/C13H16N2O2S.2C2H6/c1-10(16)14-11-2-4-13(5-3-11)18-15-8-6-12(17)7-9-15;2*1-2/h2-5H,6-9H2,1H3,(H,14,16);2*1-2H3. The molecule has 0 radical (unpaired) electrons. The van der Waals surface area contributed by atoms with Gasteiger partial charge in [-0.05, 0) is 36.2 Å². The molecule has 0 aliphatic carbocycles. The van der Waals surface area contributed by atoms with Crippen molar-refractivity contribution in [2.75, 3.05) is 18.4 Å². The molecule has 1 aromatic carbocycles. The van der Waals surface area contributed by atoms with E-state index < -0.39 is 0 Å². The van der Waals surface area contributed by atoms with Gasteiger partial charge in [-0.3, -0.25) is 9.59 Å². The molecule has 5 heteroatoms. The number of Topliss-reactive ketones (excluding diaryl/α,β-unsaturated/α-hetero) is 1. The van der Waals surface area contributed by atoms with Gasteiger partial charge in [0.2, 0.25) is 5.91 Å². The Morgan fingerprint density at radius 2 is 1.55 bits per heavy atom. The lowest BCUT2D eigenvalue weighted by Crippen LogP contribution is -2.28. The van der Waals surface area contributed by atoms with Crippen molar-refractivity contribution in [1.29, 1.82) is 0 Å². The average Bonchev–Trinajstić information content (AvgIpc) is 2.55. The molecule has 22 heavy (non-hydrogen) atoms. The maximum absolute atomic E-state index is 11.1. The number of ketones is 1. The third kappa shape index (κ3) is 8.20. The predicted molar refractivity (Wildman–Crippen MR) is 95.1 cm³/mol. The Labute approximate surface area is 138 Å². The molecule has 0 saturated carbocycles. The monoisotopic (exact) mass is 324 g/mol. The fraction of sp³-hybridized carbons (Fsp3) is 0.529. The van der Waals surface area contributed by atoms with Gasteiger partial charge < -0.3 is 5.32 Å². The van der Waals surface area contributed by atoms with E-state index in [0.717, 1.165) is 23.7 Å². The zero-order chi connectivity index (χ0) is 17.0. The van der Waals surface area contributed by atoms with Crippen LogP contribution in [0.4, 0.5) is 5.69 Å². The van der Waals surface area contributed by atoms with Gasteiger partial charge in [0.05, 0.1) is 0 Å². The number of nitrogens with one attached hydrogen (secondary N) is 1. The summed E-state index contributed by atoms with van der Waals surface area (Å²) in [5, 5.41) is 2.73. The minimum Gasteiger partial charge on any atom is -0.326 e. The number of hydrogen-bond donors (Lipinski definition) is 1. The summed E-state index contributed by atoms with van der Waals surface area (Å²) in [5.41, 5.74) is 0.806. The third-order valence-corrected chi connectivity index (χ3v) is 3.80. The van der Waals surface area contributed by atoms with Crippen LogP contribution in [0.15, 0.2) is 29.2 Å². The minimum absolute atomic E-state index is 0.0649. The maximum atomic E-state index is 11.1. The number of hydrogen-bond acceptors (Lipinski definition) is 4. The molecule has 4 nitrogen and oxygen atoms in total. The summed E-state index contributed by atoms with van der Waals surface area (Å²) >= 11 is 1.66. The molecule has 0 unspecified atom stereocenters. The molecule has 0 bridgehead atoms. The van der Waals surface area contributed by atoms with Crippen LogP contribution in [0.3, 0.4) is 0 Å². The number of piperidine rings is 1. The van der Waals surface area contributed by atoms with Crippen LogP contribution >= 0.6 is 11.9 Å². The van der Waals surface area contributed by atoms with Crippen molar-refractivity contribution in [1.82, 2.24) is 4.31 Å². The van der Waals surface area contributed by atoms with Crippen LogP contribution in [0.2, 0.25) is 0 Å². The Morgan fingerprint density at radius 1 is 1.05 bits per heavy atom. The highest BCUT2D eigenvalue weighted by atomic mass is 32.2. The van der Waals surface area contributed by atoms with Crippen molar-refractivity contribution in [2.24, 2.45) is 0 Å². The smallest absolute Gasteiger partial charge is 0.221 e. The Morgan fingerprint density at radius 3 is 2.00 bits per heavy atom. The maximum Gasteiger partial charge on any atom is 0.221 e. The number of anilines is 1. The van der Waals surface area contributed by atoms with E-state index in [-0.39, 0.29) is 5.91 Å². The second-order valence-electron chi connectivity index (χ2n) is 4.26. The zero-order valence-electron chi connectivity index (χ0n) is 14.3. The zero-order valence-corrected chi connectivity index (χ0v) is 15.1. The third-order valence-electron chi connectivity index (χ3n) is 2.69. The first-order valence-corrected chi connectivity index (χ1v) is 8.73. The first-order chi connectivity index (χ1) is 10.6. The average molecular weight is 324 g/mol. The molecular weight excluding hydrogens is 296 g/mol. The molecule has 1 aliphatic heterocycles. The second-order valence-corrected chi connectivity index (χ2v) is 5.43. The van der Waals surface area contributed by atoms with Gasteiger partial charge in [-0.1, -0.05) is 27.7 Å². The van der Waals surface area contributed by atoms with Crippen LogP contribution in [0.5, 0.6) is 0 Å². The van der Waals surface area contributed by atoms with Gasteiger partial charge >= 0.3 is 0 Å². The van der Waals surface area contributed by atoms with Crippen LogP contribution in [-0.2, 0) is 9.59 Å². The summed E-state index contributed by atoms with van der Waals surface area (Å²) in [6.45, 7) is 11.1. The Hall–Kier alpha value is -1.33. The summed E-state index contributed by atoms with van der Waals surface area (Å²) in [4.78, 5) is 23.1. The molecule has 1 fully saturated rings. The number of benzene rings is 1. The van der Waals surface area contributed by atoms with Crippen molar-refractivity contribution >= 4 is 29.3 Å². The van der Waals surface area contributed by atoms with Crippen molar-refractivity contribution in [3.63, 3.8) is 0 Å². The number of amides is 1. The highest BCUT2D eigenvalue weighted by Gasteiger charge is 2.16. The quantitative estimate of drug-likeness (QED) is 0.839. The molecule has 1 saturated heterocycles. The van der Waals surface area contributed by atoms with Gasteiger partial charge in [0.1, 0.15) is 5.78 Å². The van der Waals surface area contributed by atoms with Gasteiger partial charge in [0, 0.05) is 43.4 Å². The van der Waals surface area contributed by atoms with Gasteiger partial charge in [-0.25, -0.2) is 4.31 Å². The van der Waals surface area contributed by atoms with E-state index in [0.29, 0.717) is 18.6 Å². The lowest BCUT2D eigenvalue weighted by molar-refractivity contribution is -0.120.